The van der Waals surface area contributed by atoms with Crippen LogP contribution in [-0.2, 0) is 35.2 Å². The highest BCUT2D eigenvalue weighted by Gasteiger charge is 2.41. The highest BCUT2D eigenvalue weighted by Crippen LogP contribution is 2.34. The summed E-state index contributed by atoms with van der Waals surface area (Å²) in [6.45, 7) is 17.6. The Morgan fingerprint density at radius 1 is 0.951 bits per heavy atom. The van der Waals surface area contributed by atoms with Gasteiger partial charge < -0.3 is 21.4 Å². The smallest absolute Gasteiger partial charge is 0.224 e. The van der Waals surface area contributed by atoms with Gasteiger partial charge in [-0.2, -0.15) is 0 Å². The molecule has 0 spiro atoms. The Morgan fingerprint density at radius 2 is 1.54 bits per heavy atom. The maximum atomic E-state index is 13.3. The van der Waals surface area contributed by atoms with Gasteiger partial charge in [0.15, 0.2) is 5.78 Å². The molecule has 2 atom stereocenters. The molecule has 0 fully saturated rings. The van der Waals surface area contributed by atoms with E-state index in [1.165, 1.54) is 13.3 Å². The molecular formula is C30H47N5O6. The molecule has 0 bridgehead atoms. The van der Waals surface area contributed by atoms with Crippen LogP contribution in [0, 0.1) is 29.6 Å². The first kappa shape index (κ1) is 35.7. The molecule has 0 aliphatic carbocycles. The van der Waals surface area contributed by atoms with Crippen molar-refractivity contribution < 1.29 is 28.8 Å². The molecule has 11 heteroatoms. The van der Waals surface area contributed by atoms with Gasteiger partial charge in [-0.1, -0.05) is 34.1 Å². The number of unbranched alkanes of at least 4 members (excludes halogenated alkanes) is 1. The molecule has 1 rings (SSSR count). The molecule has 3 amide bonds. The molecule has 0 aliphatic heterocycles. The lowest BCUT2D eigenvalue weighted by Crippen LogP contribution is -2.53. The highest BCUT2D eigenvalue weighted by molar-refractivity contribution is 5.99. The maximum Gasteiger partial charge on any atom is 0.224 e. The molecular weight excluding hydrogens is 526 g/mol. The van der Waals surface area contributed by atoms with Gasteiger partial charge in [0, 0.05) is 73.7 Å². The number of amides is 3. The van der Waals surface area contributed by atoms with Gasteiger partial charge in [0.05, 0.1) is 11.9 Å². The van der Waals surface area contributed by atoms with E-state index in [0.717, 1.165) is 0 Å². The fourth-order valence-electron chi connectivity index (χ4n) is 4.28. The predicted molar refractivity (Wildman–Crippen MR) is 154 cm³/mol. The van der Waals surface area contributed by atoms with Gasteiger partial charge in [0.2, 0.25) is 17.7 Å². The van der Waals surface area contributed by atoms with Crippen LogP contribution in [0.25, 0.3) is 0 Å². The highest BCUT2D eigenvalue weighted by atomic mass is 16.2. The van der Waals surface area contributed by atoms with Crippen LogP contribution < -0.4 is 16.4 Å². The van der Waals surface area contributed by atoms with Crippen molar-refractivity contribution in [1.29, 1.82) is 0 Å². The van der Waals surface area contributed by atoms with Crippen molar-refractivity contribution in [2.24, 2.45) is 28.4 Å². The number of rotatable bonds is 19. The molecule has 41 heavy (non-hydrogen) atoms. The average Bonchev–Trinajstić information content (AvgIpc) is 3.34. The third-order valence-corrected chi connectivity index (χ3v) is 7.37. The lowest BCUT2D eigenvalue weighted by Gasteiger charge is -2.33. The van der Waals surface area contributed by atoms with Gasteiger partial charge >= 0.3 is 0 Å². The number of aromatic amines is 1. The Morgan fingerprint density at radius 3 is 2.07 bits per heavy atom. The number of primary amides is 1. The van der Waals surface area contributed by atoms with E-state index in [1.54, 1.807) is 47.7 Å². The number of imidazole rings is 1. The van der Waals surface area contributed by atoms with Gasteiger partial charge in [-0.3, -0.25) is 28.8 Å². The molecule has 0 saturated heterocycles. The third kappa shape index (κ3) is 11.9. The molecule has 2 radical (unpaired) electrons. The quantitative estimate of drug-likeness (QED) is 0.183. The van der Waals surface area contributed by atoms with E-state index < -0.39 is 40.0 Å². The number of hydrogen-bond donors (Lipinski definition) is 4. The van der Waals surface area contributed by atoms with Crippen LogP contribution in [-0.4, -0.2) is 57.1 Å². The molecule has 228 valence electrons. The summed E-state index contributed by atoms with van der Waals surface area (Å²) >= 11 is 0. The maximum absolute atomic E-state index is 13.3. The van der Waals surface area contributed by atoms with Crippen LogP contribution >= 0.6 is 0 Å². The van der Waals surface area contributed by atoms with Crippen LogP contribution in [0.15, 0.2) is 12.5 Å². The van der Waals surface area contributed by atoms with Crippen molar-refractivity contribution in [3.8, 4) is 0 Å². The summed E-state index contributed by atoms with van der Waals surface area (Å²) < 4.78 is 0. The fourth-order valence-corrected chi connectivity index (χ4v) is 4.28. The van der Waals surface area contributed by atoms with Gasteiger partial charge in [0.25, 0.3) is 0 Å². The summed E-state index contributed by atoms with van der Waals surface area (Å²) in [5.41, 5.74) is 2.76. The van der Waals surface area contributed by atoms with Crippen LogP contribution in [0.1, 0.15) is 92.7 Å². The van der Waals surface area contributed by atoms with Crippen LogP contribution in [0.2, 0.25) is 0 Å². The first-order valence-electron chi connectivity index (χ1n) is 14.0. The second-order valence-corrected chi connectivity index (χ2v) is 12.7. The lowest BCUT2D eigenvalue weighted by molar-refractivity contribution is -0.140. The van der Waals surface area contributed by atoms with E-state index in [4.69, 9.17) is 12.7 Å². The standard InChI is InChI=1S/C30H47N5O6/c1-19(13-22-17-32-18-34-22)27(41)35-30(7,8)25(39)16-29(5,6)24(38)15-28(3,4)23(37)14-21(26(31)40)11-9-10-12-33-20(2)36/h1,17-19,21H,9-16H2,2-8H3,(H2,31,40)(H,32,34)(H,33,36)(H,35,41)/t19-,21+/m0/s1. The van der Waals surface area contributed by atoms with Crippen LogP contribution in [0.3, 0.4) is 0 Å². The SMILES string of the molecule is [CH][C@@H](Cc1cnc[nH]1)C(=O)NC(C)(C)C(=O)CC(C)(C)C(=O)CC(C)(C)C(=O)C[C@@H](CCCCNC(C)=O)C(N)=O. The van der Waals surface area contributed by atoms with Crippen molar-refractivity contribution in [2.75, 3.05) is 6.54 Å². The van der Waals surface area contributed by atoms with E-state index >= 15 is 0 Å². The van der Waals surface area contributed by atoms with Crippen molar-refractivity contribution in [1.82, 2.24) is 20.6 Å². The Labute approximate surface area is 243 Å². The number of carbonyl (C=O) groups is 6. The first-order valence-corrected chi connectivity index (χ1v) is 14.0. The Kier molecular flexibility index (Phi) is 13.1. The van der Waals surface area contributed by atoms with Gasteiger partial charge in [0.1, 0.15) is 11.6 Å². The van der Waals surface area contributed by atoms with E-state index in [9.17, 15) is 28.8 Å². The number of ketones is 3. The molecule has 0 aromatic carbocycles. The van der Waals surface area contributed by atoms with E-state index in [2.05, 4.69) is 20.6 Å². The number of nitrogens with one attached hydrogen (secondary N) is 3. The molecule has 1 heterocycles. The van der Waals surface area contributed by atoms with Gasteiger partial charge in [-0.05, 0) is 33.6 Å². The Hall–Kier alpha value is -3.37. The molecule has 1 aromatic rings. The summed E-state index contributed by atoms with van der Waals surface area (Å²) in [7, 11) is 0. The summed E-state index contributed by atoms with van der Waals surface area (Å²) in [6, 6.07) is 0. The van der Waals surface area contributed by atoms with E-state index in [1.807, 2.05) is 0 Å². The second-order valence-electron chi connectivity index (χ2n) is 12.7. The zero-order valence-electron chi connectivity index (χ0n) is 25.5. The number of H-pyrrole nitrogens is 1. The number of nitrogens with zero attached hydrogens (tertiary/aromatic N) is 1. The largest absolute Gasteiger partial charge is 0.369 e. The predicted octanol–water partition coefficient (Wildman–Crippen LogP) is 2.51. The van der Waals surface area contributed by atoms with Crippen LogP contribution in [0.4, 0.5) is 0 Å². The molecule has 1 aromatic heterocycles. The van der Waals surface area contributed by atoms with Crippen molar-refractivity contribution in [2.45, 2.75) is 99.0 Å². The van der Waals surface area contributed by atoms with Crippen molar-refractivity contribution in [3.05, 3.63) is 25.1 Å². The fraction of sp³-hybridized carbons (Fsp3) is 0.667. The average molecular weight is 574 g/mol. The zero-order valence-corrected chi connectivity index (χ0v) is 25.5. The minimum atomic E-state index is -1.28. The minimum Gasteiger partial charge on any atom is -0.369 e. The molecule has 0 unspecified atom stereocenters. The van der Waals surface area contributed by atoms with Crippen LogP contribution in [0.5, 0.6) is 0 Å². The molecule has 0 saturated carbocycles. The molecule has 11 nitrogen and oxygen atoms in total. The summed E-state index contributed by atoms with van der Waals surface area (Å²) in [5.74, 6) is -3.70. The first-order chi connectivity index (χ1) is 18.8. The monoisotopic (exact) mass is 573 g/mol. The van der Waals surface area contributed by atoms with E-state index in [-0.39, 0.29) is 48.9 Å². The van der Waals surface area contributed by atoms with Crippen molar-refractivity contribution in [3.63, 3.8) is 0 Å². The number of hydrogen-bond acceptors (Lipinski definition) is 7. The Balaban J connectivity index is 2.74. The number of carbonyl (C=O) groups excluding carboxylic acids is 6. The summed E-state index contributed by atoms with van der Waals surface area (Å²) in [4.78, 5) is 82.0. The molecule has 0 aliphatic rings. The van der Waals surface area contributed by atoms with E-state index in [0.29, 0.717) is 31.5 Å². The normalized spacial score (nSPS) is 13.7. The number of Topliss-reactive ketones (excluding diaryl/α,β-unsaturated/α-hetero) is 3. The molecule has 5 N–H and O–H groups in total. The lowest BCUT2D eigenvalue weighted by atomic mass is 9.71. The zero-order chi connectivity index (χ0) is 31.6. The summed E-state index contributed by atoms with van der Waals surface area (Å²) in [5, 5.41) is 5.36. The summed E-state index contributed by atoms with van der Waals surface area (Å²) in [6.07, 6.45) is 4.55. The second kappa shape index (κ2) is 15.0. The number of nitrogens with two attached hydrogens (primary N) is 1. The third-order valence-electron chi connectivity index (χ3n) is 7.37. The number of aromatic nitrogens is 2. The van der Waals surface area contributed by atoms with Gasteiger partial charge in [-0.25, -0.2) is 4.98 Å². The van der Waals surface area contributed by atoms with Gasteiger partial charge in [-0.15, -0.1) is 0 Å². The minimum absolute atomic E-state index is 0.0903. The Bertz CT molecular complexity index is 1090. The van der Waals surface area contributed by atoms with Crippen molar-refractivity contribution >= 4 is 35.1 Å². The topological polar surface area (TPSA) is 181 Å².